The number of halogens is 1. The van der Waals surface area contributed by atoms with Gasteiger partial charge in [-0.05, 0) is 24.3 Å². The van der Waals surface area contributed by atoms with Gasteiger partial charge in [-0.3, -0.25) is 9.78 Å². The Labute approximate surface area is 110 Å². The zero-order valence-corrected chi connectivity index (χ0v) is 11.5. The molecule has 1 heterocycles. The van der Waals surface area contributed by atoms with Crippen molar-refractivity contribution < 1.29 is 9.00 Å². The SMILES string of the molecule is CC(=O)N=S(C)(=O)c1ccc2nccc(Cl)c2c1. The molecule has 1 atom stereocenters. The predicted octanol–water partition coefficient (Wildman–Crippen LogP) is 2.89. The number of amides is 1. The first-order chi connectivity index (χ1) is 8.40. The Balaban J connectivity index is 2.72. The maximum Gasteiger partial charge on any atom is 0.250 e. The van der Waals surface area contributed by atoms with Crippen LogP contribution in [-0.4, -0.2) is 21.4 Å². The fraction of sp³-hybridized carbons (Fsp3) is 0.167. The van der Waals surface area contributed by atoms with E-state index >= 15 is 0 Å². The van der Waals surface area contributed by atoms with Crippen LogP contribution in [0.15, 0.2) is 39.7 Å². The van der Waals surface area contributed by atoms with Crippen molar-refractivity contribution in [3.63, 3.8) is 0 Å². The molecule has 6 heteroatoms. The average Bonchev–Trinajstić information content (AvgIpc) is 2.27. The summed E-state index contributed by atoms with van der Waals surface area (Å²) in [4.78, 5) is 15.6. The van der Waals surface area contributed by atoms with E-state index < -0.39 is 15.6 Å². The molecule has 1 aromatic carbocycles. The van der Waals surface area contributed by atoms with Crippen molar-refractivity contribution in [1.29, 1.82) is 0 Å². The van der Waals surface area contributed by atoms with Gasteiger partial charge in [0.05, 0.1) is 20.3 Å². The number of pyridine rings is 1. The van der Waals surface area contributed by atoms with Crippen molar-refractivity contribution in [2.75, 3.05) is 6.26 Å². The highest BCUT2D eigenvalue weighted by atomic mass is 35.5. The average molecular weight is 283 g/mol. The van der Waals surface area contributed by atoms with Gasteiger partial charge in [0.1, 0.15) is 0 Å². The predicted molar refractivity (Wildman–Crippen MR) is 72.2 cm³/mol. The lowest BCUT2D eigenvalue weighted by Crippen LogP contribution is -2.01. The van der Waals surface area contributed by atoms with Gasteiger partial charge in [-0.2, -0.15) is 4.36 Å². The van der Waals surface area contributed by atoms with Crippen LogP contribution in [0.1, 0.15) is 6.92 Å². The second kappa shape index (κ2) is 4.66. The molecule has 4 nitrogen and oxygen atoms in total. The molecule has 1 aromatic heterocycles. The monoisotopic (exact) mass is 282 g/mol. The number of carbonyl (C=O) groups excluding carboxylic acids is 1. The lowest BCUT2D eigenvalue weighted by Gasteiger charge is -2.05. The second-order valence-corrected chi connectivity index (χ2v) is 6.55. The first kappa shape index (κ1) is 13.0. The lowest BCUT2D eigenvalue weighted by atomic mass is 10.2. The summed E-state index contributed by atoms with van der Waals surface area (Å²) >= 11 is 6.05. The van der Waals surface area contributed by atoms with Crippen LogP contribution in [0.25, 0.3) is 10.9 Å². The van der Waals surface area contributed by atoms with E-state index in [0.29, 0.717) is 20.8 Å². The molecule has 2 aromatic rings. The molecule has 94 valence electrons. The van der Waals surface area contributed by atoms with Gasteiger partial charge >= 0.3 is 0 Å². The molecule has 1 unspecified atom stereocenters. The Bertz CT molecular complexity index is 749. The van der Waals surface area contributed by atoms with Crippen molar-refractivity contribution >= 4 is 38.1 Å². The van der Waals surface area contributed by atoms with Crippen LogP contribution in [0.5, 0.6) is 0 Å². The zero-order chi connectivity index (χ0) is 13.3. The van der Waals surface area contributed by atoms with Gasteiger partial charge in [-0.1, -0.05) is 11.6 Å². The molecular weight excluding hydrogens is 272 g/mol. The molecular formula is C12H11ClN2O2S. The van der Waals surface area contributed by atoms with Crippen LogP contribution in [0.4, 0.5) is 0 Å². The second-order valence-electron chi connectivity index (χ2n) is 3.88. The maximum atomic E-state index is 12.3. The molecule has 0 fully saturated rings. The fourth-order valence-electron chi connectivity index (χ4n) is 1.63. The standard InChI is InChI=1S/C12H11ClN2O2S/c1-8(16)15-18(2,17)9-3-4-12-10(7-9)11(13)5-6-14-12/h3-7H,1-2H3. The highest BCUT2D eigenvalue weighted by Crippen LogP contribution is 2.25. The van der Waals surface area contributed by atoms with E-state index in [-0.39, 0.29) is 0 Å². The van der Waals surface area contributed by atoms with E-state index in [2.05, 4.69) is 9.35 Å². The minimum absolute atomic E-state index is 0.458. The van der Waals surface area contributed by atoms with Crippen LogP contribution in [0, 0.1) is 0 Å². The summed E-state index contributed by atoms with van der Waals surface area (Å²) < 4.78 is 15.9. The van der Waals surface area contributed by atoms with Gasteiger partial charge in [0.25, 0.3) is 5.91 Å². The molecule has 1 amide bonds. The minimum Gasteiger partial charge on any atom is -0.272 e. The summed E-state index contributed by atoms with van der Waals surface area (Å²) in [5.41, 5.74) is 0.712. The number of carbonyl (C=O) groups is 1. The molecule has 0 bridgehead atoms. The number of rotatable bonds is 1. The van der Waals surface area contributed by atoms with E-state index in [1.54, 1.807) is 30.5 Å². The highest BCUT2D eigenvalue weighted by molar-refractivity contribution is 7.93. The summed E-state index contributed by atoms with van der Waals surface area (Å²) in [7, 11) is -2.73. The number of nitrogens with zero attached hydrogens (tertiary/aromatic N) is 2. The summed E-state index contributed by atoms with van der Waals surface area (Å²) in [6.07, 6.45) is 3.04. The van der Waals surface area contributed by atoms with Crippen LogP contribution in [0.3, 0.4) is 0 Å². The molecule has 0 aliphatic heterocycles. The maximum absolute atomic E-state index is 12.3. The van der Waals surface area contributed by atoms with E-state index in [0.717, 1.165) is 0 Å². The summed E-state index contributed by atoms with van der Waals surface area (Å²) in [5.74, 6) is -0.458. The number of hydrogen-bond acceptors (Lipinski definition) is 3. The number of aromatic nitrogens is 1. The van der Waals surface area contributed by atoms with Gasteiger partial charge in [-0.25, -0.2) is 4.21 Å². The van der Waals surface area contributed by atoms with Gasteiger partial charge in [0, 0.05) is 29.7 Å². The molecule has 2 rings (SSSR count). The molecule has 0 saturated carbocycles. The van der Waals surface area contributed by atoms with Gasteiger partial charge in [0.15, 0.2) is 0 Å². The Morgan fingerprint density at radius 1 is 1.39 bits per heavy atom. The van der Waals surface area contributed by atoms with Crippen molar-refractivity contribution in [1.82, 2.24) is 4.98 Å². The van der Waals surface area contributed by atoms with Crippen molar-refractivity contribution in [2.45, 2.75) is 11.8 Å². The molecule has 0 aliphatic rings. The first-order valence-corrected chi connectivity index (χ1v) is 7.47. The third kappa shape index (κ3) is 2.52. The quantitative estimate of drug-likeness (QED) is 0.808. The van der Waals surface area contributed by atoms with E-state index in [1.807, 2.05) is 0 Å². The number of fused-ring (bicyclic) bond motifs is 1. The molecule has 0 saturated heterocycles. The topological polar surface area (TPSA) is 59.4 Å². The Hall–Kier alpha value is -1.46. The normalized spacial score (nSPS) is 14.2. The van der Waals surface area contributed by atoms with Gasteiger partial charge < -0.3 is 0 Å². The fourth-order valence-corrected chi connectivity index (χ4v) is 3.09. The van der Waals surface area contributed by atoms with Crippen LogP contribution < -0.4 is 0 Å². The third-order valence-corrected chi connectivity index (χ3v) is 4.46. The Morgan fingerprint density at radius 3 is 2.78 bits per heavy atom. The highest BCUT2D eigenvalue weighted by Gasteiger charge is 2.09. The van der Waals surface area contributed by atoms with Gasteiger partial charge in [0.2, 0.25) is 0 Å². The third-order valence-electron chi connectivity index (χ3n) is 2.40. The summed E-state index contributed by atoms with van der Waals surface area (Å²) in [6.45, 7) is 1.28. The Kier molecular flexibility index (Phi) is 3.36. The van der Waals surface area contributed by atoms with Crippen LogP contribution >= 0.6 is 11.6 Å². The number of hydrogen-bond donors (Lipinski definition) is 0. The van der Waals surface area contributed by atoms with E-state index in [4.69, 9.17) is 11.6 Å². The largest absolute Gasteiger partial charge is 0.272 e. The zero-order valence-electron chi connectivity index (χ0n) is 9.88. The Morgan fingerprint density at radius 2 is 2.11 bits per heavy atom. The van der Waals surface area contributed by atoms with Gasteiger partial charge in [-0.15, -0.1) is 0 Å². The summed E-state index contributed by atoms with van der Waals surface area (Å²) in [6, 6.07) is 6.70. The van der Waals surface area contributed by atoms with Crippen molar-refractivity contribution in [2.24, 2.45) is 4.36 Å². The van der Waals surface area contributed by atoms with Crippen LogP contribution in [-0.2, 0) is 14.5 Å². The van der Waals surface area contributed by atoms with E-state index in [9.17, 15) is 9.00 Å². The molecule has 0 N–H and O–H groups in total. The smallest absolute Gasteiger partial charge is 0.250 e. The minimum atomic E-state index is -2.73. The first-order valence-electron chi connectivity index (χ1n) is 5.17. The molecule has 0 spiro atoms. The van der Waals surface area contributed by atoms with E-state index in [1.165, 1.54) is 13.2 Å². The number of benzene rings is 1. The van der Waals surface area contributed by atoms with Crippen molar-refractivity contribution in [3.8, 4) is 0 Å². The molecule has 18 heavy (non-hydrogen) atoms. The molecule has 0 radical (unpaired) electrons. The summed E-state index contributed by atoms with van der Waals surface area (Å²) in [5, 5.41) is 1.23. The van der Waals surface area contributed by atoms with Crippen LogP contribution in [0.2, 0.25) is 5.02 Å². The lowest BCUT2D eigenvalue weighted by molar-refractivity contribution is -0.115. The van der Waals surface area contributed by atoms with Crippen molar-refractivity contribution in [3.05, 3.63) is 35.5 Å². The molecule has 0 aliphatic carbocycles.